The van der Waals surface area contributed by atoms with Gasteiger partial charge in [-0.3, -0.25) is 4.79 Å². The fourth-order valence-electron chi connectivity index (χ4n) is 5.17. The Morgan fingerprint density at radius 2 is 1.69 bits per heavy atom. The normalized spacial score (nSPS) is 15.6. The molecule has 1 saturated heterocycles. The number of carbonyl (C=O) groups excluding carboxylic acids is 1. The summed E-state index contributed by atoms with van der Waals surface area (Å²) >= 11 is 0. The van der Waals surface area contributed by atoms with Crippen LogP contribution in [0.1, 0.15) is 48.0 Å². The van der Waals surface area contributed by atoms with Gasteiger partial charge in [-0.2, -0.15) is 0 Å². The van der Waals surface area contributed by atoms with Gasteiger partial charge in [-0.25, -0.2) is 13.2 Å². The van der Waals surface area contributed by atoms with Crippen LogP contribution in [0.5, 0.6) is 11.5 Å². The van der Waals surface area contributed by atoms with Gasteiger partial charge in [0.15, 0.2) is 17.4 Å². The van der Waals surface area contributed by atoms with Crippen molar-refractivity contribution in [3.05, 3.63) is 95.3 Å². The van der Waals surface area contributed by atoms with E-state index in [0.717, 1.165) is 25.5 Å². The maximum atomic E-state index is 14.9. The van der Waals surface area contributed by atoms with E-state index >= 15 is 0 Å². The zero-order chi connectivity index (χ0) is 27.4. The van der Waals surface area contributed by atoms with Crippen LogP contribution in [-0.4, -0.2) is 32.1 Å². The Morgan fingerprint density at radius 1 is 0.897 bits per heavy atom. The maximum Gasteiger partial charge on any atom is 0.194 e. The van der Waals surface area contributed by atoms with Crippen LogP contribution in [0.25, 0.3) is 21.9 Å². The average molecular weight is 534 g/mol. The van der Waals surface area contributed by atoms with Crippen molar-refractivity contribution in [1.82, 2.24) is 5.32 Å². The standard InChI is InChI=1S/C32H30F3NO3/c1-38-25-11-13-26-21(17-25)8-12-27(28-18-22(33)19-29(34)31(28)35)30(26)32(37)20-6-9-24(10-7-20)39-16-14-23-5-3-2-4-15-36-23/h6-13,17-19,23,36H,2-5,14-16H2,1H3. The molecule has 0 saturated carbocycles. The van der Waals surface area contributed by atoms with Crippen molar-refractivity contribution >= 4 is 16.6 Å². The van der Waals surface area contributed by atoms with Crippen molar-refractivity contribution in [3.8, 4) is 22.6 Å². The molecule has 1 atom stereocenters. The SMILES string of the molecule is COc1ccc2c(C(=O)c3ccc(OCCC4CCCCCN4)cc3)c(-c3cc(F)cc(F)c3F)ccc2c1. The van der Waals surface area contributed by atoms with Gasteiger partial charge in [0.05, 0.1) is 13.7 Å². The lowest BCUT2D eigenvalue weighted by Crippen LogP contribution is -2.29. The highest BCUT2D eigenvalue weighted by molar-refractivity contribution is 6.20. The smallest absolute Gasteiger partial charge is 0.194 e. The van der Waals surface area contributed by atoms with Gasteiger partial charge in [0.2, 0.25) is 0 Å². The Kier molecular flexibility index (Phi) is 8.17. The summed E-state index contributed by atoms with van der Waals surface area (Å²) < 4.78 is 54.4. The Bertz CT molecular complexity index is 1480. The molecule has 7 heteroatoms. The third kappa shape index (κ3) is 5.93. The molecule has 0 aromatic heterocycles. The van der Waals surface area contributed by atoms with E-state index in [9.17, 15) is 18.0 Å². The predicted octanol–water partition coefficient (Wildman–Crippen LogP) is 7.46. The number of hydrogen-bond donors (Lipinski definition) is 1. The fraction of sp³-hybridized carbons (Fsp3) is 0.281. The number of benzene rings is 4. The van der Waals surface area contributed by atoms with Gasteiger partial charge in [0, 0.05) is 28.8 Å². The highest BCUT2D eigenvalue weighted by Crippen LogP contribution is 2.36. The van der Waals surface area contributed by atoms with Crippen LogP contribution < -0.4 is 14.8 Å². The minimum absolute atomic E-state index is 0.102. The molecule has 39 heavy (non-hydrogen) atoms. The topological polar surface area (TPSA) is 47.6 Å². The second-order valence-electron chi connectivity index (χ2n) is 9.82. The molecule has 4 aromatic carbocycles. The molecule has 0 aliphatic carbocycles. The summed E-state index contributed by atoms with van der Waals surface area (Å²) in [5.74, 6) is -2.65. The van der Waals surface area contributed by atoms with Crippen LogP contribution >= 0.6 is 0 Å². The van der Waals surface area contributed by atoms with E-state index in [4.69, 9.17) is 9.47 Å². The van der Waals surface area contributed by atoms with Crippen LogP contribution in [0, 0.1) is 17.5 Å². The molecule has 1 fully saturated rings. The zero-order valence-corrected chi connectivity index (χ0v) is 21.7. The van der Waals surface area contributed by atoms with Gasteiger partial charge in [-0.1, -0.05) is 25.0 Å². The number of ether oxygens (including phenoxy) is 2. The van der Waals surface area contributed by atoms with Gasteiger partial charge in [0.25, 0.3) is 0 Å². The van der Waals surface area contributed by atoms with Gasteiger partial charge >= 0.3 is 0 Å². The van der Waals surface area contributed by atoms with E-state index < -0.39 is 23.2 Å². The minimum Gasteiger partial charge on any atom is -0.497 e. The molecule has 4 aromatic rings. The molecule has 0 spiro atoms. The minimum atomic E-state index is -1.32. The summed E-state index contributed by atoms with van der Waals surface area (Å²) in [7, 11) is 1.53. The molecule has 1 unspecified atom stereocenters. The maximum absolute atomic E-state index is 14.9. The molecule has 4 nitrogen and oxygen atoms in total. The van der Waals surface area contributed by atoms with Crippen LogP contribution in [-0.2, 0) is 0 Å². The number of ketones is 1. The molecule has 202 valence electrons. The van der Waals surface area contributed by atoms with Crippen molar-refractivity contribution in [1.29, 1.82) is 0 Å². The van der Waals surface area contributed by atoms with Gasteiger partial charge in [0.1, 0.15) is 17.3 Å². The van der Waals surface area contributed by atoms with Gasteiger partial charge in [-0.05, 0) is 90.7 Å². The lowest BCUT2D eigenvalue weighted by molar-refractivity contribution is 0.104. The molecule has 0 radical (unpaired) electrons. The molecular weight excluding hydrogens is 503 g/mol. The van der Waals surface area contributed by atoms with Crippen LogP contribution in [0.4, 0.5) is 13.2 Å². The molecule has 1 N–H and O–H groups in total. The molecule has 1 heterocycles. The van der Waals surface area contributed by atoms with Crippen molar-refractivity contribution < 1.29 is 27.4 Å². The highest BCUT2D eigenvalue weighted by Gasteiger charge is 2.23. The number of carbonyl (C=O) groups is 1. The third-order valence-corrected chi connectivity index (χ3v) is 7.25. The third-order valence-electron chi connectivity index (χ3n) is 7.25. The Labute approximate surface area is 225 Å². The van der Waals surface area contributed by atoms with Gasteiger partial charge in [-0.15, -0.1) is 0 Å². The summed E-state index contributed by atoms with van der Waals surface area (Å²) in [4.78, 5) is 13.9. The lowest BCUT2D eigenvalue weighted by atomic mass is 9.89. The van der Waals surface area contributed by atoms with E-state index in [1.54, 1.807) is 48.5 Å². The van der Waals surface area contributed by atoms with Gasteiger partial charge < -0.3 is 14.8 Å². The molecule has 1 aliphatic heterocycles. The Balaban J connectivity index is 1.46. The molecule has 1 aliphatic rings. The predicted molar refractivity (Wildman–Crippen MR) is 146 cm³/mol. The first-order chi connectivity index (χ1) is 18.9. The van der Waals surface area contributed by atoms with Crippen molar-refractivity contribution in [2.24, 2.45) is 0 Å². The summed E-state index contributed by atoms with van der Waals surface area (Å²) in [6.45, 7) is 1.60. The largest absolute Gasteiger partial charge is 0.497 e. The first kappa shape index (κ1) is 26.8. The zero-order valence-electron chi connectivity index (χ0n) is 21.7. The van der Waals surface area contributed by atoms with Crippen LogP contribution in [0.2, 0.25) is 0 Å². The molecule has 5 rings (SSSR count). The second kappa shape index (κ2) is 11.9. The molecule has 0 amide bonds. The monoisotopic (exact) mass is 533 g/mol. The quantitative estimate of drug-likeness (QED) is 0.189. The summed E-state index contributed by atoms with van der Waals surface area (Å²) in [5.41, 5.74) is 0.271. The van der Waals surface area contributed by atoms with E-state index in [1.807, 2.05) is 0 Å². The number of halogens is 3. The number of nitrogens with one attached hydrogen (secondary N) is 1. The summed E-state index contributed by atoms with van der Waals surface area (Å²) in [6, 6.07) is 16.9. The molecule has 0 bridgehead atoms. The first-order valence-corrected chi connectivity index (χ1v) is 13.2. The Morgan fingerprint density at radius 3 is 2.49 bits per heavy atom. The number of hydrogen-bond acceptors (Lipinski definition) is 4. The van der Waals surface area contributed by atoms with E-state index in [0.29, 0.717) is 46.6 Å². The van der Waals surface area contributed by atoms with E-state index in [-0.39, 0.29) is 16.7 Å². The average Bonchev–Trinajstić information content (AvgIpc) is 3.23. The van der Waals surface area contributed by atoms with Crippen molar-refractivity contribution in [3.63, 3.8) is 0 Å². The number of fused-ring (bicyclic) bond motifs is 1. The second-order valence-corrected chi connectivity index (χ2v) is 9.82. The van der Waals surface area contributed by atoms with E-state index in [2.05, 4.69) is 5.32 Å². The fourth-order valence-corrected chi connectivity index (χ4v) is 5.17. The lowest BCUT2D eigenvalue weighted by Gasteiger charge is -2.16. The summed E-state index contributed by atoms with van der Waals surface area (Å²) in [6.07, 6.45) is 5.74. The van der Waals surface area contributed by atoms with Crippen molar-refractivity contribution in [2.75, 3.05) is 20.3 Å². The highest BCUT2D eigenvalue weighted by atomic mass is 19.2. The van der Waals surface area contributed by atoms with Crippen LogP contribution in [0.15, 0.2) is 66.7 Å². The first-order valence-electron chi connectivity index (χ1n) is 13.2. The van der Waals surface area contributed by atoms with Crippen LogP contribution in [0.3, 0.4) is 0 Å². The summed E-state index contributed by atoms with van der Waals surface area (Å²) in [5, 5.41) is 4.74. The molecular formula is C32H30F3NO3. The van der Waals surface area contributed by atoms with E-state index in [1.165, 1.54) is 32.4 Å². The number of methoxy groups -OCH3 is 1. The van der Waals surface area contributed by atoms with Crippen molar-refractivity contribution in [2.45, 2.75) is 38.1 Å². The number of rotatable bonds is 8. The Hall–Kier alpha value is -3.84.